The van der Waals surface area contributed by atoms with Crippen LogP contribution in [0.1, 0.15) is 18.1 Å². The van der Waals surface area contributed by atoms with Crippen LogP contribution in [0.25, 0.3) is 0 Å². The second-order valence-electron chi connectivity index (χ2n) is 8.07. The number of hydrogen-bond acceptors (Lipinski definition) is 6. The van der Waals surface area contributed by atoms with Crippen LogP contribution in [0.15, 0.2) is 35.3 Å². The number of aliphatic imine (C=N–C) groups is 1. The average molecular weight is 568 g/mol. The average Bonchev–Trinajstić information content (AvgIpc) is 3.24. The van der Waals surface area contributed by atoms with E-state index >= 15 is 0 Å². The van der Waals surface area contributed by atoms with E-state index in [1.165, 1.54) is 5.69 Å². The molecular formula is C22H33IN8O2. The molecule has 1 unspecified atom stereocenters. The predicted octanol–water partition coefficient (Wildman–Crippen LogP) is 0.871. The minimum absolute atomic E-state index is 0. The lowest BCUT2D eigenvalue weighted by molar-refractivity contribution is -0.130. The summed E-state index contributed by atoms with van der Waals surface area (Å²) in [6, 6.07) is 10.5. The van der Waals surface area contributed by atoms with Crippen molar-refractivity contribution in [3.63, 3.8) is 0 Å². The van der Waals surface area contributed by atoms with Gasteiger partial charge >= 0.3 is 0 Å². The number of hydrogen-bond donors (Lipinski definition) is 2. The van der Waals surface area contributed by atoms with Gasteiger partial charge in [0.2, 0.25) is 5.91 Å². The van der Waals surface area contributed by atoms with Crippen LogP contribution in [0, 0.1) is 0 Å². The molecule has 1 amide bonds. The van der Waals surface area contributed by atoms with Crippen molar-refractivity contribution in [2.45, 2.75) is 32.0 Å². The number of nitrogens with zero attached hydrogens (tertiary/aromatic N) is 6. The van der Waals surface area contributed by atoms with Crippen molar-refractivity contribution >= 4 is 41.5 Å². The summed E-state index contributed by atoms with van der Waals surface area (Å²) in [6.07, 6.45) is 1.78. The van der Waals surface area contributed by atoms with E-state index in [4.69, 9.17) is 4.74 Å². The number of aromatic nitrogens is 3. The van der Waals surface area contributed by atoms with Crippen molar-refractivity contribution < 1.29 is 9.53 Å². The molecule has 2 aromatic rings. The third kappa shape index (κ3) is 6.56. The van der Waals surface area contributed by atoms with E-state index in [-0.39, 0.29) is 42.5 Å². The first-order valence-electron chi connectivity index (χ1n) is 11.1. The maximum Gasteiger partial charge on any atom is 0.242 e. The molecule has 0 bridgehead atoms. The molecule has 180 valence electrons. The Morgan fingerprint density at radius 2 is 1.97 bits per heavy atom. The van der Waals surface area contributed by atoms with Crippen LogP contribution < -0.4 is 15.5 Å². The van der Waals surface area contributed by atoms with E-state index in [2.05, 4.69) is 42.7 Å². The van der Waals surface area contributed by atoms with Crippen LogP contribution in [0.5, 0.6) is 0 Å². The number of methoxy groups -OCH3 is 1. The molecule has 1 aromatic carbocycles. The Bertz CT molecular complexity index is 928. The lowest BCUT2D eigenvalue weighted by Gasteiger charge is -2.36. The molecule has 1 aromatic heterocycles. The highest BCUT2D eigenvalue weighted by Crippen LogP contribution is 2.16. The number of carbonyl (C=O) groups excluding carboxylic acids is 1. The van der Waals surface area contributed by atoms with E-state index < -0.39 is 0 Å². The molecule has 2 aliphatic heterocycles. The molecule has 0 aliphatic carbocycles. The molecule has 3 heterocycles. The van der Waals surface area contributed by atoms with Crippen molar-refractivity contribution in [2.24, 2.45) is 4.99 Å². The number of carbonyl (C=O) groups is 1. The normalized spacial score (nSPS) is 18.4. The lowest BCUT2D eigenvalue weighted by atomic mass is 10.1. The van der Waals surface area contributed by atoms with Crippen LogP contribution in [-0.4, -0.2) is 84.5 Å². The summed E-state index contributed by atoms with van der Waals surface area (Å²) >= 11 is 0. The van der Waals surface area contributed by atoms with E-state index in [1.54, 1.807) is 14.2 Å². The topological polar surface area (TPSA) is 99.9 Å². The summed E-state index contributed by atoms with van der Waals surface area (Å²) in [5.74, 6) is 2.42. The van der Waals surface area contributed by atoms with Crippen molar-refractivity contribution in [1.82, 2.24) is 30.3 Å². The molecular weight excluding hydrogens is 535 g/mol. The highest BCUT2D eigenvalue weighted by Gasteiger charge is 2.24. The summed E-state index contributed by atoms with van der Waals surface area (Å²) in [7, 11) is 3.36. The van der Waals surface area contributed by atoms with Gasteiger partial charge in [0.05, 0.1) is 13.1 Å². The number of fused-ring (bicyclic) bond motifs is 1. The van der Waals surface area contributed by atoms with Gasteiger partial charge in [0, 0.05) is 58.5 Å². The zero-order chi connectivity index (χ0) is 22.3. The second kappa shape index (κ2) is 12.2. The molecule has 1 atom stereocenters. The Balaban J connectivity index is 0.00000306. The highest BCUT2D eigenvalue weighted by atomic mass is 127. The maximum absolute atomic E-state index is 12.7. The summed E-state index contributed by atoms with van der Waals surface area (Å²) < 4.78 is 7.06. The number of benzene rings is 1. The fourth-order valence-electron chi connectivity index (χ4n) is 4.18. The molecule has 0 saturated carbocycles. The Labute approximate surface area is 211 Å². The third-order valence-electron chi connectivity index (χ3n) is 5.90. The van der Waals surface area contributed by atoms with Gasteiger partial charge in [-0.25, -0.2) is 9.67 Å². The number of guanidine groups is 1. The zero-order valence-corrected chi connectivity index (χ0v) is 21.6. The van der Waals surface area contributed by atoms with E-state index in [9.17, 15) is 4.79 Å². The smallest absolute Gasteiger partial charge is 0.242 e. The van der Waals surface area contributed by atoms with Crippen LogP contribution >= 0.6 is 24.0 Å². The SMILES string of the molecule is CN=C(NCC(=O)N1CCN(c2ccccc2)CC1)NC1CCc2nc(COC)nn2C1.I. The minimum Gasteiger partial charge on any atom is -0.377 e. The van der Waals surface area contributed by atoms with Crippen LogP contribution in [-0.2, 0) is 29.1 Å². The molecule has 0 spiro atoms. The number of nitrogens with one attached hydrogen (secondary N) is 2. The van der Waals surface area contributed by atoms with Gasteiger partial charge in [-0.1, -0.05) is 18.2 Å². The number of para-hydroxylation sites is 1. The summed E-state index contributed by atoms with van der Waals surface area (Å²) in [6.45, 7) is 4.49. The first-order valence-corrected chi connectivity index (χ1v) is 11.1. The number of aryl methyl sites for hydroxylation is 1. The number of rotatable bonds is 6. The fourth-order valence-corrected chi connectivity index (χ4v) is 4.18. The second-order valence-corrected chi connectivity index (χ2v) is 8.07. The standard InChI is InChI=1S/C22H32N8O2.HI/c1-23-22(25-17-8-9-20-26-19(16-32-2)27-30(20)15-17)24-14-21(31)29-12-10-28(11-13-29)18-6-4-3-5-7-18;/h3-7,17H,8-16H2,1-2H3,(H2,23,24,25);1H. The quantitative estimate of drug-likeness (QED) is 0.303. The Morgan fingerprint density at radius 3 is 2.67 bits per heavy atom. The van der Waals surface area contributed by atoms with Gasteiger partial charge in [-0.2, -0.15) is 5.10 Å². The summed E-state index contributed by atoms with van der Waals surface area (Å²) in [5, 5.41) is 11.1. The van der Waals surface area contributed by atoms with E-state index in [0.29, 0.717) is 24.9 Å². The molecule has 2 aliphatic rings. The van der Waals surface area contributed by atoms with E-state index in [1.807, 2.05) is 27.8 Å². The van der Waals surface area contributed by atoms with Crippen molar-refractivity contribution in [1.29, 1.82) is 0 Å². The number of piperazine rings is 1. The monoisotopic (exact) mass is 568 g/mol. The number of anilines is 1. The van der Waals surface area contributed by atoms with Crippen LogP contribution in [0.4, 0.5) is 5.69 Å². The Hall–Kier alpha value is -2.41. The van der Waals surface area contributed by atoms with Gasteiger partial charge in [-0.05, 0) is 18.6 Å². The van der Waals surface area contributed by atoms with Gasteiger partial charge in [0.25, 0.3) is 0 Å². The molecule has 1 saturated heterocycles. The molecule has 11 heteroatoms. The van der Waals surface area contributed by atoms with Crippen LogP contribution in [0.3, 0.4) is 0 Å². The van der Waals surface area contributed by atoms with Crippen molar-refractivity contribution in [3.8, 4) is 0 Å². The summed E-state index contributed by atoms with van der Waals surface area (Å²) in [4.78, 5) is 25.7. The number of ether oxygens (including phenoxy) is 1. The molecule has 0 radical (unpaired) electrons. The van der Waals surface area contributed by atoms with Crippen molar-refractivity contribution in [3.05, 3.63) is 42.0 Å². The van der Waals surface area contributed by atoms with Gasteiger partial charge in [-0.3, -0.25) is 9.79 Å². The molecule has 33 heavy (non-hydrogen) atoms. The van der Waals surface area contributed by atoms with Gasteiger partial charge in [0.15, 0.2) is 11.8 Å². The first-order chi connectivity index (χ1) is 15.7. The third-order valence-corrected chi connectivity index (χ3v) is 5.90. The molecule has 1 fully saturated rings. The number of amides is 1. The molecule has 10 nitrogen and oxygen atoms in total. The predicted molar refractivity (Wildman–Crippen MR) is 138 cm³/mol. The summed E-state index contributed by atoms with van der Waals surface area (Å²) in [5.41, 5.74) is 1.21. The lowest BCUT2D eigenvalue weighted by Crippen LogP contribution is -2.53. The highest BCUT2D eigenvalue weighted by molar-refractivity contribution is 14.0. The van der Waals surface area contributed by atoms with Gasteiger partial charge in [-0.15, -0.1) is 24.0 Å². The maximum atomic E-state index is 12.7. The number of halogens is 1. The minimum atomic E-state index is 0. The first kappa shape index (κ1) is 25.2. The van der Waals surface area contributed by atoms with Crippen molar-refractivity contribution in [2.75, 3.05) is 51.8 Å². The largest absolute Gasteiger partial charge is 0.377 e. The van der Waals surface area contributed by atoms with Gasteiger partial charge < -0.3 is 25.2 Å². The Morgan fingerprint density at radius 1 is 1.21 bits per heavy atom. The van der Waals surface area contributed by atoms with E-state index in [0.717, 1.165) is 44.8 Å². The molecule has 2 N–H and O–H groups in total. The molecule has 4 rings (SSSR count). The zero-order valence-electron chi connectivity index (χ0n) is 19.2. The van der Waals surface area contributed by atoms with Gasteiger partial charge in [0.1, 0.15) is 12.4 Å². The fraction of sp³-hybridized carbons (Fsp3) is 0.545. The Kier molecular flexibility index (Phi) is 9.30. The van der Waals surface area contributed by atoms with Crippen LogP contribution in [0.2, 0.25) is 0 Å².